The van der Waals surface area contributed by atoms with Gasteiger partial charge in [0.15, 0.2) is 0 Å². The number of para-hydroxylation sites is 1. The number of fused-ring (bicyclic) bond motifs is 1. The van der Waals surface area contributed by atoms with Gasteiger partial charge in [0.2, 0.25) is 0 Å². The molecule has 2 N–H and O–H groups in total. The molecule has 0 aromatic heterocycles. The Balaban J connectivity index is 2.35. The molecular formula is C14H21NO2. The topological polar surface area (TPSA) is 41.5 Å². The molecule has 1 aliphatic rings. The lowest BCUT2D eigenvalue weighted by atomic mass is 9.91. The first-order chi connectivity index (χ1) is 8.03. The second-order valence-electron chi connectivity index (χ2n) is 5.27. The van der Waals surface area contributed by atoms with Crippen LogP contribution < -0.4 is 10.1 Å². The van der Waals surface area contributed by atoms with E-state index in [0.29, 0.717) is 6.54 Å². The van der Waals surface area contributed by atoms with Gasteiger partial charge in [0.1, 0.15) is 11.4 Å². The van der Waals surface area contributed by atoms with Crippen molar-refractivity contribution in [3.63, 3.8) is 0 Å². The van der Waals surface area contributed by atoms with E-state index in [-0.39, 0.29) is 5.60 Å². The maximum absolute atomic E-state index is 10.1. The van der Waals surface area contributed by atoms with Crippen LogP contribution in [0.2, 0.25) is 0 Å². The molecule has 17 heavy (non-hydrogen) atoms. The van der Waals surface area contributed by atoms with Gasteiger partial charge in [-0.15, -0.1) is 0 Å². The minimum atomic E-state index is -0.510. The number of aliphatic hydroxyl groups is 1. The normalized spacial score (nSPS) is 19.3. The van der Waals surface area contributed by atoms with Crippen LogP contribution in [0.4, 0.5) is 0 Å². The highest BCUT2D eigenvalue weighted by Gasteiger charge is 2.29. The van der Waals surface area contributed by atoms with E-state index in [1.54, 1.807) is 0 Å². The lowest BCUT2D eigenvalue weighted by molar-refractivity contribution is 0.0770. The van der Waals surface area contributed by atoms with Gasteiger partial charge < -0.3 is 15.2 Å². The number of aryl methyl sites for hydroxylation is 1. The lowest BCUT2D eigenvalue weighted by Gasteiger charge is -2.34. The third-order valence-corrected chi connectivity index (χ3v) is 3.26. The molecule has 1 atom stereocenters. The zero-order chi connectivity index (χ0) is 12.5. The first kappa shape index (κ1) is 12.4. The van der Waals surface area contributed by atoms with Crippen molar-refractivity contribution in [2.24, 2.45) is 0 Å². The summed E-state index contributed by atoms with van der Waals surface area (Å²) >= 11 is 0. The number of aliphatic hydroxyl groups excluding tert-OH is 1. The van der Waals surface area contributed by atoms with Gasteiger partial charge in [0, 0.05) is 12.1 Å². The van der Waals surface area contributed by atoms with Crippen LogP contribution in [0.25, 0.3) is 0 Å². The minimum absolute atomic E-state index is 0.136. The molecule has 1 aromatic carbocycles. The summed E-state index contributed by atoms with van der Waals surface area (Å²) in [6.07, 6.45) is 1.53. The number of hydrogen-bond acceptors (Lipinski definition) is 3. The third kappa shape index (κ3) is 2.61. The van der Waals surface area contributed by atoms with Crippen LogP contribution in [0, 0.1) is 0 Å². The fraction of sp³-hybridized carbons (Fsp3) is 0.571. The van der Waals surface area contributed by atoms with E-state index in [9.17, 15) is 5.11 Å². The van der Waals surface area contributed by atoms with E-state index >= 15 is 0 Å². The molecule has 1 heterocycles. The van der Waals surface area contributed by atoms with Gasteiger partial charge in [0.25, 0.3) is 0 Å². The quantitative estimate of drug-likeness (QED) is 0.842. The standard InChI is InChI=1S/C14H21NO2/c1-14(2)8-7-10-5-4-6-11(13(10)17-14)12(16)9-15-3/h4-6,12,15-16H,7-9H2,1-3H3. The average Bonchev–Trinajstić information content (AvgIpc) is 2.27. The molecule has 1 aromatic rings. The zero-order valence-electron chi connectivity index (χ0n) is 10.8. The maximum atomic E-state index is 10.1. The molecule has 1 aliphatic heterocycles. The van der Waals surface area contributed by atoms with Crippen LogP contribution in [-0.2, 0) is 6.42 Å². The second kappa shape index (κ2) is 4.67. The summed E-state index contributed by atoms with van der Waals surface area (Å²) in [4.78, 5) is 0. The summed E-state index contributed by atoms with van der Waals surface area (Å²) in [6, 6.07) is 6.02. The van der Waals surface area contributed by atoms with E-state index in [2.05, 4.69) is 25.2 Å². The molecule has 0 amide bonds. The Kier molecular flexibility index (Phi) is 3.40. The molecular weight excluding hydrogens is 214 g/mol. The highest BCUT2D eigenvalue weighted by molar-refractivity contribution is 5.44. The number of ether oxygens (including phenoxy) is 1. The van der Waals surface area contributed by atoms with Gasteiger partial charge in [-0.05, 0) is 39.3 Å². The van der Waals surface area contributed by atoms with Crippen molar-refractivity contribution in [3.05, 3.63) is 29.3 Å². The number of nitrogens with one attached hydrogen (secondary N) is 1. The second-order valence-corrected chi connectivity index (χ2v) is 5.27. The zero-order valence-corrected chi connectivity index (χ0v) is 10.8. The Labute approximate surface area is 103 Å². The van der Waals surface area contributed by atoms with Crippen LogP contribution in [0.15, 0.2) is 18.2 Å². The molecule has 1 unspecified atom stereocenters. The molecule has 0 bridgehead atoms. The molecule has 0 fully saturated rings. The fourth-order valence-electron chi connectivity index (χ4n) is 2.25. The molecule has 0 saturated heterocycles. The number of likely N-dealkylation sites (N-methyl/N-ethyl adjacent to an activating group) is 1. The van der Waals surface area contributed by atoms with E-state index in [1.807, 2.05) is 19.2 Å². The number of hydrogen-bond donors (Lipinski definition) is 2. The van der Waals surface area contributed by atoms with Gasteiger partial charge in [-0.3, -0.25) is 0 Å². The van der Waals surface area contributed by atoms with E-state index in [1.165, 1.54) is 5.56 Å². The fourth-order valence-corrected chi connectivity index (χ4v) is 2.25. The summed E-state index contributed by atoms with van der Waals surface area (Å²) in [5.41, 5.74) is 1.96. The Hall–Kier alpha value is -1.06. The van der Waals surface area contributed by atoms with Crippen molar-refractivity contribution < 1.29 is 9.84 Å². The molecule has 0 saturated carbocycles. The minimum Gasteiger partial charge on any atom is -0.487 e. The van der Waals surface area contributed by atoms with Crippen molar-refractivity contribution >= 4 is 0 Å². The van der Waals surface area contributed by atoms with Crippen LogP contribution in [0.1, 0.15) is 37.5 Å². The van der Waals surface area contributed by atoms with Crippen molar-refractivity contribution in [1.29, 1.82) is 0 Å². The molecule has 94 valence electrons. The average molecular weight is 235 g/mol. The van der Waals surface area contributed by atoms with Crippen LogP contribution in [-0.4, -0.2) is 24.3 Å². The molecule has 3 heteroatoms. The van der Waals surface area contributed by atoms with E-state index in [0.717, 1.165) is 24.2 Å². The maximum Gasteiger partial charge on any atom is 0.129 e. The predicted molar refractivity (Wildman–Crippen MR) is 68.4 cm³/mol. The summed E-state index contributed by atoms with van der Waals surface area (Å²) in [6.45, 7) is 4.73. The van der Waals surface area contributed by atoms with E-state index < -0.39 is 6.10 Å². The van der Waals surface area contributed by atoms with Crippen LogP contribution in [0.5, 0.6) is 5.75 Å². The first-order valence-corrected chi connectivity index (χ1v) is 6.17. The Morgan fingerprint density at radius 2 is 2.24 bits per heavy atom. The monoisotopic (exact) mass is 235 g/mol. The number of benzene rings is 1. The van der Waals surface area contributed by atoms with Crippen molar-refractivity contribution in [1.82, 2.24) is 5.32 Å². The van der Waals surface area contributed by atoms with E-state index in [4.69, 9.17) is 4.74 Å². The van der Waals surface area contributed by atoms with Gasteiger partial charge in [-0.25, -0.2) is 0 Å². The third-order valence-electron chi connectivity index (χ3n) is 3.26. The van der Waals surface area contributed by atoms with Crippen LogP contribution in [0.3, 0.4) is 0 Å². The number of rotatable bonds is 3. The summed E-state index contributed by atoms with van der Waals surface area (Å²) in [5.74, 6) is 0.881. The summed E-state index contributed by atoms with van der Waals surface area (Å²) in [7, 11) is 1.84. The largest absolute Gasteiger partial charge is 0.487 e. The first-order valence-electron chi connectivity index (χ1n) is 6.17. The highest BCUT2D eigenvalue weighted by atomic mass is 16.5. The van der Waals surface area contributed by atoms with Crippen LogP contribution >= 0.6 is 0 Å². The Morgan fingerprint density at radius 1 is 1.47 bits per heavy atom. The van der Waals surface area contributed by atoms with Crippen molar-refractivity contribution in [3.8, 4) is 5.75 Å². The van der Waals surface area contributed by atoms with Gasteiger partial charge >= 0.3 is 0 Å². The highest BCUT2D eigenvalue weighted by Crippen LogP contribution is 2.38. The summed E-state index contributed by atoms with van der Waals surface area (Å²) < 4.78 is 6.03. The molecule has 0 spiro atoms. The molecule has 0 radical (unpaired) electrons. The lowest BCUT2D eigenvalue weighted by Crippen LogP contribution is -2.33. The Bertz CT molecular complexity index is 401. The molecule has 0 aliphatic carbocycles. The predicted octanol–water partition coefficient (Wildman–Crippen LogP) is 2.04. The van der Waals surface area contributed by atoms with Gasteiger partial charge in [-0.2, -0.15) is 0 Å². The molecule has 3 nitrogen and oxygen atoms in total. The van der Waals surface area contributed by atoms with Gasteiger partial charge in [0.05, 0.1) is 6.10 Å². The van der Waals surface area contributed by atoms with Crippen molar-refractivity contribution in [2.75, 3.05) is 13.6 Å². The molecule has 2 rings (SSSR count). The smallest absolute Gasteiger partial charge is 0.129 e. The van der Waals surface area contributed by atoms with Gasteiger partial charge in [-0.1, -0.05) is 18.2 Å². The Morgan fingerprint density at radius 3 is 2.94 bits per heavy atom. The summed E-state index contributed by atoms with van der Waals surface area (Å²) in [5, 5.41) is 13.1. The SMILES string of the molecule is CNCC(O)c1cccc2c1OC(C)(C)CC2. The van der Waals surface area contributed by atoms with Crippen molar-refractivity contribution in [2.45, 2.75) is 38.4 Å².